The molecule has 4 amide bonds. The third kappa shape index (κ3) is 7.75. The summed E-state index contributed by atoms with van der Waals surface area (Å²) < 4.78 is 8.24. The quantitative estimate of drug-likeness (QED) is 0.215. The average molecular weight is 791 g/mol. The van der Waals surface area contributed by atoms with Crippen molar-refractivity contribution >= 4 is 51.9 Å². The molecule has 2 atom stereocenters. The van der Waals surface area contributed by atoms with Crippen LogP contribution in [0, 0.1) is 29.1 Å². The van der Waals surface area contributed by atoms with E-state index < -0.39 is 0 Å². The van der Waals surface area contributed by atoms with Crippen LogP contribution >= 0.6 is 11.6 Å². The molecule has 9 rings (SSSR count). The lowest BCUT2D eigenvalue weighted by Gasteiger charge is -2.42. The van der Waals surface area contributed by atoms with Crippen molar-refractivity contribution < 1.29 is 19.1 Å². The summed E-state index contributed by atoms with van der Waals surface area (Å²) in [7, 11) is 0. The molecule has 14 nitrogen and oxygen atoms in total. The maximum Gasteiger partial charge on any atom is 0.328 e. The summed E-state index contributed by atoms with van der Waals surface area (Å²) in [5.41, 5.74) is 2.58. The van der Waals surface area contributed by atoms with Gasteiger partial charge in [0.25, 0.3) is 5.91 Å². The lowest BCUT2D eigenvalue weighted by molar-refractivity contribution is -0.120. The Morgan fingerprint density at radius 1 is 0.947 bits per heavy atom. The van der Waals surface area contributed by atoms with E-state index in [0.29, 0.717) is 52.4 Å². The number of nitriles is 1. The molecule has 2 bridgehead atoms. The van der Waals surface area contributed by atoms with Gasteiger partial charge in [0.1, 0.15) is 11.8 Å². The van der Waals surface area contributed by atoms with Crippen LogP contribution in [0.2, 0.25) is 5.02 Å². The summed E-state index contributed by atoms with van der Waals surface area (Å²) in [4.78, 5) is 44.1. The number of anilines is 2. The highest BCUT2D eigenvalue weighted by Gasteiger charge is 2.43. The number of amides is 4. The number of aromatic nitrogens is 4. The van der Waals surface area contributed by atoms with Crippen LogP contribution in [0.15, 0.2) is 54.7 Å². The highest BCUT2D eigenvalue weighted by molar-refractivity contribution is 6.31. The number of ether oxygens (including phenoxy) is 1. The van der Waals surface area contributed by atoms with Crippen molar-refractivity contribution in [2.75, 3.05) is 49.1 Å². The van der Waals surface area contributed by atoms with Crippen molar-refractivity contribution in [1.29, 1.82) is 5.26 Å². The number of carbonyl (C=O) groups is 3. The number of rotatable bonds is 9. The second-order valence-corrected chi connectivity index (χ2v) is 16.8. The van der Waals surface area contributed by atoms with Gasteiger partial charge in [-0.25, -0.2) is 4.79 Å². The third-order valence-electron chi connectivity index (χ3n) is 12.9. The second kappa shape index (κ2) is 15.9. The Morgan fingerprint density at radius 3 is 2.44 bits per heavy atom. The molecule has 296 valence electrons. The Balaban J connectivity index is 0.738. The Morgan fingerprint density at radius 2 is 1.74 bits per heavy atom. The van der Waals surface area contributed by atoms with Crippen molar-refractivity contribution in [1.82, 2.24) is 35.5 Å². The summed E-state index contributed by atoms with van der Waals surface area (Å²) in [5.74, 6) is 2.93. The number of fused-ring (bicyclic) bond motifs is 3. The summed E-state index contributed by atoms with van der Waals surface area (Å²) in [5, 5.41) is 29.7. The van der Waals surface area contributed by atoms with E-state index >= 15 is 0 Å². The molecule has 5 fully saturated rings. The van der Waals surface area contributed by atoms with Crippen LogP contribution in [0.5, 0.6) is 5.75 Å². The highest BCUT2D eigenvalue weighted by Crippen LogP contribution is 2.44. The maximum atomic E-state index is 13.1. The number of hydrogen-bond acceptors (Lipinski definition) is 10. The zero-order valence-electron chi connectivity index (χ0n) is 31.9. The molecule has 4 aromatic rings. The fraction of sp³-hybridized carbons (Fsp3) is 0.500. The molecule has 2 N–H and O–H groups in total. The largest absolute Gasteiger partial charge is 0.490 e. The van der Waals surface area contributed by atoms with Gasteiger partial charge in [-0.2, -0.15) is 10.4 Å². The minimum Gasteiger partial charge on any atom is -0.490 e. The first-order valence-corrected chi connectivity index (χ1v) is 20.7. The summed E-state index contributed by atoms with van der Waals surface area (Å²) in [6.45, 7) is 5.46. The molecule has 2 unspecified atom stereocenters. The van der Waals surface area contributed by atoms with Crippen LogP contribution in [-0.4, -0.2) is 94.1 Å². The SMILES string of the molecule is N#Cc1ccc(O[C@H]2CC[C@H](NC(=O)c3ccc(N4CC5CCC(C4)C5CN4CCC(n5ncc6c(N7CCC(=O)NC7=O)cccc65)CC4)nn3)CC2)cc1Cl. The molecule has 0 spiro atoms. The van der Waals surface area contributed by atoms with Crippen LogP contribution in [0.25, 0.3) is 10.9 Å². The Hall–Kier alpha value is -5.26. The molecule has 2 aliphatic carbocycles. The highest BCUT2D eigenvalue weighted by atomic mass is 35.5. The molecule has 57 heavy (non-hydrogen) atoms. The zero-order valence-corrected chi connectivity index (χ0v) is 32.6. The van der Waals surface area contributed by atoms with Gasteiger partial charge in [-0.1, -0.05) is 17.7 Å². The molecule has 0 radical (unpaired) electrons. The number of piperidine rings is 2. The average Bonchev–Trinajstić information content (AvgIpc) is 3.75. The van der Waals surface area contributed by atoms with Crippen LogP contribution in [0.4, 0.5) is 16.3 Å². The smallest absolute Gasteiger partial charge is 0.328 e. The van der Waals surface area contributed by atoms with Crippen molar-refractivity contribution in [3.8, 4) is 11.8 Å². The number of urea groups is 1. The minimum absolute atomic E-state index is 0.0331. The first-order valence-electron chi connectivity index (χ1n) is 20.4. The van der Waals surface area contributed by atoms with Gasteiger partial charge in [0, 0.05) is 63.2 Å². The van der Waals surface area contributed by atoms with Gasteiger partial charge in [-0.3, -0.25) is 24.5 Å². The first-order chi connectivity index (χ1) is 27.8. The van der Waals surface area contributed by atoms with Crippen LogP contribution in [-0.2, 0) is 4.79 Å². The Bertz CT molecular complexity index is 2180. The minimum atomic E-state index is -0.378. The standard InChI is InChI=1S/C42H47ClN10O4/c43-35-20-32(9-6-26(35)21-44)57-31-10-7-29(8-11-31)46-41(55)36-12-13-39(49-48-36)51-23-27-4-5-28(24-51)34(27)25-50-17-14-30(15-18-50)53-38-3-1-2-37(33(38)22-45-53)52-19-16-40(54)47-42(52)56/h1-3,6,9,12-13,20,22,27-31,34H,4-5,7-8,10-11,14-19,23-25H2,(H,46,55)(H,47,54,56)/t27?,28?,29-,31-,34?. The van der Waals surface area contributed by atoms with E-state index in [2.05, 4.69) is 47.4 Å². The number of nitrogens with zero attached hydrogens (tertiary/aromatic N) is 8. The van der Waals surface area contributed by atoms with E-state index in [1.807, 2.05) is 24.4 Å². The van der Waals surface area contributed by atoms with Crippen molar-refractivity contribution in [2.45, 2.75) is 76.0 Å². The Labute approximate surface area is 336 Å². The molecule has 5 heterocycles. The number of hydrogen-bond donors (Lipinski definition) is 2. The van der Waals surface area contributed by atoms with Crippen LogP contribution in [0.1, 0.15) is 79.9 Å². The summed E-state index contributed by atoms with van der Waals surface area (Å²) in [6, 6.07) is 16.9. The molecule has 2 saturated carbocycles. The topological polar surface area (TPSA) is 162 Å². The molecule has 15 heteroatoms. The number of benzene rings is 2. The van der Waals surface area contributed by atoms with E-state index in [1.54, 1.807) is 29.2 Å². The van der Waals surface area contributed by atoms with E-state index in [1.165, 1.54) is 12.8 Å². The lowest BCUT2D eigenvalue weighted by Crippen LogP contribution is -2.49. The molecular formula is C42H47ClN10O4. The monoisotopic (exact) mass is 790 g/mol. The van der Waals surface area contributed by atoms with Crippen LogP contribution < -0.4 is 25.2 Å². The second-order valence-electron chi connectivity index (χ2n) is 16.3. The summed E-state index contributed by atoms with van der Waals surface area (Å²) in [6.07, 6.45) is 9.91. The lowest BCUT2D eigenvalue weighted by atomic mass is 9.84. The normalized spacial score (nSPS) is 25.6. The van der Waals surface area contributed by atoms with Crippen molar-refractivity contribution in [3.05, 3.63) is 71.0 Å². The number of nitrogens with one attached hydrogen (secondary N) is 2. The molecule has 2 aromatic carbocycles. The van der Waals surface area contributed by atoms with Gasteiger partial charge >= 0.3 is 6.03 Å². The number of imide groups is 1. The van der Waals surface area contributed by atoms with E-state index in [-0.39, 0.29) is 36.4 Å². The fourth-order valence-electron chi connectivity index (χ4n) is 9.89. The van der Waals surface area contributed by atoms with E-state index in [0.717, 1.165) is 93.7 Å². The first kappa shape index (κ1) is 37.3. The van der Waals surface area contributed by atoms with Crippen LogP contribution in [0.3, 0.4) is 0 Å². The van der Waals surface area contributed by atoms with Gasteiger partial charge in [-0.05, 0) is 106 Å². The maximum absolute atomic E-state index is 13.1. The van der Waals surface area contributed by atoms with E-state index in [4.69, 9.17) is 26.7 Å². The third-order valence-corrected chi connectivity index (χ3v) is 13.3. The predicted octanol–water partition coefficient (Wildman–Crippen LogP) is 5.72. The molecule has 3 aliphatic heterocycles. The van der Waals surface area contributed by atoms with Crippen molar-refractivity contribution in [3.63, 3.8) is 0 Å². The number of carbonyl (C=O) groups excluding carboxylic acids is 3. The zero-order chi connectivity index (χ0) is 39.0. The number of halogens is 1. The van der Waals surface area contributed by atoms with Gasteiger partial charge in [0.05, 0.1) is 40.1 Å². The van der Waals surface area contributed by atoms with Gasteiger partial charge in [0.2, 0.25) is 5.91 Å². The van der Waals surface area contributed by atoms with Gasteiger partial charge < -0.3 is 19.9 Å². The number of likely N-dealkylation sites (tertiary alicyclic amines) is 1. The Kier molecular flexibility index (Phi) is 10.4. The van der Waals surface area contributed by atoms with E-state index in [9.17, 15) is 14.4 Å². The predicted molar refractivity (Wildman–Crippen MR) is 214 cm³/mol. The van der Waals surface area contributed by atoms with Gasteiger partial charge in [-0.15, -0.1) is 10.2 Å². The fourth-order valence-corrected chi connectivity index (χ4v) is 10.1. The molecular weight excluding hydrogens is 744 g/mol. The summed E-state index contributed by atoms with van der Waals surface area (Å²) >= 11 is 6.16. The molecule has 3 saturated heterocycles. The van der Waals surface area contributed by atoms with Gasteiger partial charge in [0.15, 0.2) is 11.5 Å². The molecule has 5 aliphatic rings. The molecule has 2 aromatic heterocycles. The van der Waals surface area contributed by atoms with Crippen molar-refractivity contribution in [2.24, 2.45) is 17.8 Å².